The standard InChI is InChI=1S/C24H31NO3S/c1-25(23-16-14-22(15-17-23)21-12-6-3-7-13-21)24(26)19-29(27,28)18-8-11-20-9-4-2-5-10-20/h2-7,9-10,12-13,22-23H,8,11,14-19H2,1H3. The van der Waals surface area contributed by atoms with Crippen LogP contribution >= 0.6 is 0 Å². The SMILES string of the molecule is CN(C(=O)CS(=O)(=O)CCCc1ccccc1)C1CCC(c2ccccc2)CC1. The Kier molecular flexibility index (Phi) is 7.48. The van der Waals surface area contributed by atoms with Gasteiger partial charge in [-0.15, -0.1) is 0 Å². The van der Waals surface area contributed by atoms with Crippen LogP contribution in [0.5, 0.6) is 0 Å². The molecule has 0 radical (unpaired) electrons. The summed E-state index contributed by atoms with van der Waals surface area (Å²) >= 11 is 0. The summed E-state index contributed by atoms with van der Waals surface area (Å²) < 4.78 is 24.8. The first-order chi connectivity index (χ1) is 13.9. The van der Waals surface area contributed by atoms with Crippen LogP contribution in [0.4, 0.5) is 0 Å². The van der Waals surface area contributed by atoms with Crippen molar-refractivity contribution in [2.45, 2.75) is 50.5 Å². The Morgan fingerprint density at radius 2 is 1.52 bits per heavy atom. The number of carbonyl (C=O) groups excluding carboxylic acids is 1. The van der Waals surface area contributed by atoms with Gasteiger partial charge in [0, 0.05) is 13.1 Å². The van der Waals surface area contributed by atoms with Gasteiger partial charge < -0.3 is 4.90 Å². The van der Waals surface area contributed by atoms with Crippen molar-refractivity contribution in [1.82, 2.24) is 4.90 Å². The molecule has 1 fully saturated rings. The van der Waals surface area contributed by atoms with Crippen LogP contribution in [0.15, 0.2) is 60.7 Å². The number of carbonyl (C=O) groups is 1. The predicted molar refractivity (Wildman–Crippen MR) is 118 cm³/mol. The molecule has 29 heavy (non-hydrogen) atoms. The molecule has 2 aromatic carbocycles. The molecule has 0 bridgehead atoms. The summed E-state index contributed by atoms with van der Waals surface area (Å²) in [6, 6.07) is 20.5. The Morgan fingerprint density at radius 1 is 0.931 bits per heavy atom. The average Bonchev–Trinajstić information content (AvgIpc) is 2.74. The third kappa shape index (κ3) is 6.43. The van der Waals surface area contributed by atoms with E-state index in [0.717, 1.165) is 31.2 Å². The second-order valence-electron chi connectivity index (χ2n) is 8.10. The molecule has 1 aliphatic rings. The zero-order chi connectivity index (χ0) is 20.7. The Bertz CT molecular complexity index is 873. The molecule has 2 aromatic rings. The summed E-state index contributed by atoms with van der Waals surface area (Å²) in [5, 5.41) is 0. The molecule has 0 heterocycles. The van der Waals surface area contributed by atoms with Crippen LogP contribution in [-0.4, -0.2) is 43.8 Å². The number of hydrogen-bond acceptors (Lipinski definition) is 3. The zero-order valence-electron chi connectivity index (χ0n) is 17.2. The molecule has 5 heteroatoms. The third-order valence-electron chi connectivity index (χ3n) is 6.02. The maximum absolute atomic E-state index is 12.6. The van der Waals surface area contributed by atoms with E-state index in [1.165, 1.54) is 5.56 Å². The molecule has 3 rings (SSSR count). The molecule has 1 aliphatic carbocycles. The van der Waals surface area contributed by atoms with E-state index in [0.29, 0.717) is 18.8 Å². The van der Waals surface area contributed by atoms with Crippen molar-refractivity contribution in [2.24, 2.45) is 0 Å². The van der Waals surface area contributed by atoms with Gasteiger partial charge in [-0.25, -0.2) is 8.42 Å². The zero-order valence-corrected chi connectivity index (χ0v) is 18.0. The first-order valence-corrected chi connectivity index (χ1v) is 12.3. The Hall–Kier alpha value is -2.14. The second kappa shape index (κ2) is 10.1. The first kappa shape index (κ1) is 21.6. The second-order valence-corrected chi connectivity index (χ2v) is 10.3. The van der Waals surface area contributed by atoms with Crippen molar-refractivity contribution in [3.8, 4) is 0 Å². The van der Waals surface area contributed by atoms with E-state index in [2.05, 4.69) is 24.3 Å². The van der Waals surface area contributed by atoms with Gasteiger partial charge >= 0.3 is 0 Å². The van der Waals surface area contributed by atoms with Gasteiger partial charge in [0.15, 0.2) is 9.84 Å². The summed E-state index contributed by atoms with van der Waals surface area (Å²) in [5.41, 5.74) is 2.49. The van der Waals surface area contributed by atoms with Gasteiger partial charge in [0.05, 0.1) is 5.75 Å². The largest absolute Gasteiger partial charge is 0.342 e. The topological polar surface area (TPSA) is 54.5 Å². The monoisotopic (exact) mass is 413 g/mol. The fraction of sp³-hybridized carbons (Fsp3) is 0.458. The van der Waals surface area contributed by atoms with Gasteiger partial charge in [-0.1, -0.05) is 60.7 Å². The molecule has 0 aromatic heterocycles. The lowest BCUT2D eigenvalue weighted by Gasteiger charge is -2.35. The highest BCUT2D eigenvalue weighted by Crippen LogP contribution is 2.34. The summed E-state index contributed by atoms with van der Waals surface area (Å²) in [7, 11) is -1.62. The van der Waals surface area contributed by atoms with E-state index in [1.54, 1.807) is 11.9 Å². The molecule has 4 nitrogen and oxygen atoms in total. The van der Waals surface area contributed by atoms with E-state index in [9.17, 15) is 13.2 Å². The van der Waals surface area contributed by atoms with Crippen LogP contribution in [0.3, 0.4) is 0 Å². The van der Waals surface area contributed by atoms with Crippen molar-refractivity contribution in [1.29, 1.82) is 0 Å². The molecule has 0 unspecified atom stereocenters. The molecule has 0 atom stereocenters. The van der Waals surface area contributed by atoms with E-state index in [-0.39, 0.29) is 23.5 Å². The molecule has 0 saturated heterocycles. The number of rotatable bonds is 8. The van der Waals surface area contributed by atoms with Crippen molar-refractivity contribution in [2.75, 3.05) is 18.6 Å². The van der Waals surface area contributed by atoms with Gasteiger partial charge in [0.1, 0.15) is 5.75 Å². The minimum atomic E-state index is -3.38. The van der Waals surface area contributed by atoms with Crippen LogP contribution < -0.4 is 0 Å². The van der Waals surface area contributed by atoms with Crippen LogP contribution in [-0.2, 0) is 21.1 Å². The van der Waals surface area contributed by atoms with E-state index in [1.807, 2.05) is 36.4 Å². The smallest absolute Gasteiger partial charge is 0.237 e. The molecule has 1 amide bonds. The number of hydrogen-bond donors (Lipinski definition) is 0. The molecule has 0 spiro atoms. The third-order valence-corrected chi connectivity index (χ3v) is 7.61. The van der Waals surface area contributed by atoms with Gasteiger partial charge in [0.2, 0.25) is 5.91 Å². The van der Waals surface area contributed by atoms with Crippen LogP contribution in [0.25, 0.3) is 0 Å². The van der Waals surface area contributed by atoms with E-state index in [4.69, 9.17) is 0 Å². The van der Waals surface area contributed by atoms with Crippen LogP contribution in [0.2, 0.25) is 0 Å². The highest BCUT2D eigenvalue weighted by molar-refractivity contribution is 7.92. The van der Waals surface area contributed by atoms with Crippen LogP contribution in [0.1, 0.15) is 49.1 Å². The maximum Gasteiger partial charge on any atom is 0.237 e. The number of sulfone groups is 1. The Labute approximate surface area is 174 Å². The highest BCUT2D eigenvalue weighted by atomic mass is 32.2. The normalized spacial score (nSPS) is 19.6. The molecule has 156 valence electrons. The summed E-state index contributed by atoms with van der Waals surface area (Å²) in [4.78, 5) is 14.3. The van der Waals surface area contributed by atoms with Gasteiger partial charge in [0.25, 0.3) is 0 Å². The van der Waals surface area contributed by atoms with E-state index < -0.39 is 9.84 Å². The van der Waals surface area contributed by atoms with E-state index >= 15 is 0 Å². The molecule has 1 saturated carbocycles. The lowest BCUT2D eigenvalue weighted by molar-refractivity contribution is -0.129. The molecule has 0 N–H and O–H groups in total. The predicted octanol–water partition coefficient (Wildman–Crippen LogP) is 4.22. The van der Waals surface area contributed by atoms with Crippen molar-refractivity contribution < 1.29 is 13.2 Å². The maximum atomic E-state index is 12.6. The van der Waals surface area contributed by atoms with Crippen molar-refractivity contribution >= 4 is 15.7 Å². The summed E-state index contributed by atoms with van der Waals surface area (Å²) in [6.45, 7) is 0. The van der Waals surface area contributed by atoms with Gasteiger partial charge in [-0.2, -0.15) is 0 Å². The Morgan fingerprint density at radius 3 is 2.14 bits per heavy atom. The highest BCUT2D eigenvalue weighted by Gasteiger charge is 2.29. The average molecular weight is 414 g/mol. The number of amides is 1. The quantitative estimate of drug-likeness (QED) is 0.651. The number of nitrogens with zero attached hydrogens (tertiary/aromatic N) is 1. The lowest BCUT2D eigenvalue weighted by atomic mass is 9.81. The first-order valence-electron chi connectivity index (χ1n) is 10.5. The molecule has 0 aliphatic heterocycles. The summed E-state index contributed by atoms with van der Waals surface area (Å²) in [5.74, 6) is -0.0513. The van der Waals surface area contributed by atoms with Gasteiger partial charge in [-0.3, -0.25) is 4.79 Å². The Balaban J connectivity index is 1.44. The molecular weight excluding hydrogens is 382 g/mol. The summed E-state index contributed by atoms with van der Waals surface area (Å²) in [6.07, 6.45) is 5.19. The number of benzene rings is 2. The van der Waals surface area contributed by atoms with Crippen LogP contribution in [0, 0.1) is 0 Å². The lowest BCUT2D eigenvalue weighted by Crippen LogP contribution is -2.42. The minimum Gasteiger partial charge on any atom is -0.342 e. The fourth-order valence-electron chi connectivity index (χ4n) is 4.23. The van der Waals surface area contributed by atoms with Crippen molar-refractivity contribution in [3.05, 3.63) is 71.8 Å². The number of aryl methyl sites for hydroxylation is 1. The van der Waals surface area contributed by atoms with Crippen molar-refractivity contribution in [3.63, 3.8) is 0 Å². The minimum absolute atomic E-state index is 0.0578. The fourth-order valence-corrected chi connectivity index (χ4v) is 5.54. The van der Waals surface area contributed by atoms with Gasteiger partial charge in [-0.05, 0) is 55.6 Å². The molecular formula is C24H31NO3S.